The van der Waals surface area contributed by atoms with Crippen LogP contribution in [-0.2, 0) is 11.3 Å². The van der Waals surface area contributed by atoms with E-state index in [4.69, 9.17) is 23.1 Å². The zero-order valence-corrected chi connectivity index (χ0v) is 11.0. The standard InChI is InChI=1S/C13H18ClN3O/c14-12-4-3-11(15)6-10(12)8-17-5-1-2-9(7-17)13(16)18/h3-4,6,9H,1-2,5,7-8,15H2,(H2,16,18). The van der Waals surface area contributed by atoms with Crippen LogP contribution in [0.2, 0.25) is 5.02 Å². The molecule has 1 amide bonds. The van der Waals surface area contributed by atoms with Gasteiger partial charge in [-0.2, -0.15) is 0 Å². The van der Waals surface area contributed by atoms with Gasteiger partial charge < -0.3 is 11.5 Å². The number of carbonyl (C=O) groups excluding carboxylic acids is 1. The van der Waals surface area contributed by atoms with Gasteiger partial charge in [-0.25, -0.2) is 0 Å². The summed E-state index contributed by atoms with van der Waals surface area (Å²) in [6.07, 6.45) is 1.88. The highest BCUT2D eigenvalue weighted by Crippen LogP contribution is 2.23. The van der Waals surface area contributed by atoms with Gasteiger partial charge in [0, 0.05) is 23.8 Å². The van der Waals surface area contributed by atoms with Crippen LogP contribution in [0.5, 0.6) is 0 Å². The summed E-state index contributed by atoms with van der Waals surface area (Å²) in [7, 11) is 0. The largest absolute Gasteiger partial charge is 0.399 e. The van der Waals surface area contributed by atoms with E-state index in [1.165, 1.54) is 0 Å². The Kier molecular flexibility index (Phi) is 4.09. The van der Waals surface area contributed by atoms with Crippen LogP contribution in [0.1, 0.15) is 18.4 Å². The second kappa shape index (κ2) is 5.59. The Morgan fingerprint density at radius 1 is 1.50 bits per heavy atom. The zero-order valence-electron chi connectivity index (χ0n) is 10.2. The van der Waals surface area contributed by atoms with Crippen LogP contribution in [0, 0.1) is 5.92 Å². The molecule has 1 unspecified atom stereocenters. The van der Waals surface area contributed by atoms with E-state index >= 15 is 0 Å². The first kappa shape index (κ1) is 13.2. The number of piperidine rings is 1. The molecule has 4 N–H and O–H groups in total. The van der Waals surface area contributed by atoms with Crippen molar-refractivity contribution in [3.8, 4) is 0 Å². The van der Waals surface area contributed by atoms with Gasteiger partial charge >= 0.3 is 0 Å². The Labute approximate surface area is 112 Å². The first-order valence-corrected chi connectivity index (χ1v) is 6.49. The zero-order chi connectivity index (χ0) is 13.1. The molecule has 1 heterocycles. The first-order chi connectivity index (χ1) is 8.56. The molecule has 1 aliphatic heterocycles. The van der Waals surface area contributed by atoms with Crippen molar-refractivity contribution in [1.82, 2.24) is 4.90 Å². The lowest BCUT2D eigenvalue weighted by atomic mass is 9.97. The third-order valence-electron chi connectivity index (χ3n) is 3.37. The number of amides is 1. The van der Waals surface area contributed by atoms with E-state index in [0.29, 0.717) is 23.8 Å². The normalized spacial score (nSPS) is 20.8. The van der Waals surface area contributed by atoms with E-state index in [-0.39, 0.29) is 11.8 Å². The lowest BCUT2D eigenvalue weighted by Crippen LogP contribution is -2.40. The predicted octanol–water partition coefficient (Wildman–Crippen LogP) is 1.62. The minimum absolute atomic E-state index is 0.0430. The molecule has 0 spiro atoms. The number of primary amides is 1. The van der Waals surface area contributed by atoms with Gasteiger partial charge in [-0.1, -0.05) is 11.6 Å². The highest BCUT2D eigenvalue weighted by Gasteiger charge is 2.24. The van der Waals surface area contributed by atoms with Crippen molar-refractivity contribution in [2.45, 2.75) is 19.4 Å². The number of hydrogen-bond acceptors (Lipinski definition) is 3. The number of nitrogens with two attached hydrogens (primary N) is 2. The molecule has 0 saturated carbocycles. The summed E-state index contributed by atoms with van der Waals surface area (Å²) in [5.41, 5.74) is 12.8. The average molecular weight is 268 g/mol. The highest BCUT2D eigenvalue weighted by atomic mass is 35.5. The Morgan fingerprint density at radius 3 is 3.00 bits per heavy atom. The summed E-state index contributed by atoms with van der Waals surface area (Å²) in [5.74, 6) is -0.253. The van der Waals surface area contributed by atoms with E-state index in [1.807, 2.05) is 12.1 Å². The molecule has 0 bridgehead atoms. The minimum Gasteiger partial charge on any atom is -0.399 e. The van der Waals surface area contributed by atoms with Crippen molar-refractivity contribution in [1.29, 1.82) is 0 Å². The van der Waals surface area contributed by atoms with Gasteiger partial charge in [0.05, 0.1) is 5.92 Å². The van der Waals surface area contributed by atoms with Crippen molar-refractivity contribution in [3.63, 3.8) is 0 Å². The number of benzene rings is 1. The second-order valence-corrected chi connectivity index (χ2v) is 5.23. The maximum Gasteiger partial charge on any atom is 0.221 e. The lowest BCUT2D eigenvalue weighted by Gasteiger charge is -2.31. The molecule has 2 rings (SSSR count). The van der Waals surface area contributed by atoms with Gasteiger partial charge in [0.15, 0.2) is 0 Å². The molecule has 5 heteroatoms. The number of halogens is 1. The summed E-state index contributed by atoms with van der Waals surface area (Å²) < 4.78 is 0. The Morgan fingerprint density at radius 2 is 2.28 bits per heavy atom. The van der Waals surface area contributed by atoms with Crippen molar-refractivity contribution in [3.05, 3.63) is 28.8 Å². The summed E-state index contributed by atoms with van der Waals surface area (Å²) in [4.78, 5) is 13.4. The number of hydrogen-bond donors (Lipinski definition) is 2. The van der Waals surface area contributed by atoms with Gasteiger partial charge in [0.1, 0.15) is 0 Å². The molecule has 0 radical (unpaired) electrons. The summed E-state index contributed by atoms with van der Waals surface area (Å²) >= 11 is 6.14. The number of likely N-dealkylation sites (tertiary alicyclic amines) is 1. The van der Waals surface area contributed by atoms with E-state index < -0.39 is 0 Å². The molecule has 0 aromatic heterocycles. The molecule has 1 aliphatic rings. The third kappa shape index (κ3) is 3.15. The molecule has 98 valence electrons. The number of nitrogen functional groups attached to an aromatic ring is 1. The van der Waals surface area contributed by atoms with E-state index in [0.717, 1.165) is 24.9 Å². The Bertz CT molecular complexity index is 450. The lowest BCUT2D eigenvalue weighted by molar-refractivity contribution is -0.123. The molecular formula is C13H18ClN3O. The van der Waals surface area contributed by atoms with Gasteiger partial charge in [0.25, 0.3) is 0 Å². The van der Waals surface area contributed by atoms with Gasteiger partial charge in [-0.3, -0.25) is 9.69 Å². The predicted molar refractivity (Wildman–Crippen MR) is 73.1 cm³/mol. The summed E-state index contributed by atoms with van der Waals surface area (Å²) in [6.45, 7) is 2.39. The van der Waals surface area contributed by atoms with Crippen LogP contribution >= 0.6 is 11.6 Å². The molecular weight excluding hydrogens is 250 g/mol. The van der Waals surface area contributed by atoms with Crippen molar-refractivity contribution >= 4 is 23.2 Å². The fraction of sp³-hybridized carbons (Fsp3) is 0.462. The summed E-state index contributed by atoms with van der Waals surface area (Å²) in [5, 5.41) is 0.713. The number of rotatable bonds is 3. The first-order valence-electron chi connectivity index (χ1n) is 6.12. The fourth-order valence-electron chi connectivity index (χ4n) is 2.39. The maximum absolute atomic E-state index is 11.2. The number of carbonyl (C=O) groups is 1. The van der Waals surface area contributed by atoms with Crippen LogP contribution in [0.4, 0.5) is 5.69 Å². The second-order valence-electron chi connectivity index (χ2n) is 4.83. The van der Waals surface area contributed by atoms with E-state index in [2.05, 4.69) is 4.90 Å². The third-order valence-corrected chi connectivity index (χ3v) is 3.74. The number of nitrogens with zero attached hydrogens (tertiary/aromatic N) is 1. The van der Waals surface area contributed by atoms with Gasteiger partial charge in [0.2, 0.25) is 5.91 Å². The topological polar surface area (TPSA) is 72.4 Å². The quantitative estimate of drug-likeness (QED) is 0.818. The average Bonchev–Trinajstić information content (AvgIpc) is 2.34. The van der Waals surface area contributed by atoms with Gasteiger partial charge in [-0.15, -0.1) is 0 Å². The molecule has 1 saturated heterocycles. The monoisotopic (exact) mass is 267 g/mol. The molecule has 4 nitrogen and oxygen atoms in total. The van der Waals surface area contributed by atoms with E-state index in [9.17, 15) is 4.79 Å². The van der Waals surface area contributed by atoms with E-state index in [1.54, 1.807) is 6.07 Å². The maximum atomic E-state index is 11.2. The molecule has 1 fully saturated rings. The molecule has 0 aliphatic carbocycles. The Hall–Kier alpha value is -1.26. The molecule has 18 heavy (non-hydrogen) atoms. The number of anilines is 1. The van der Waals surface area contributed by atoms with Crippen molar-refractivity contribution in [2.75, 3.05) is 18.8 Å². The molecule has 1 aromatic carbocycles. The smallest absolute Gasteiger partial charge is 0.221 e. The summed E-state index contributed by atoms with van der Waals surface area (Å²) in [6, 6.07) is 5.48. The van der Waals surface area contributed by atoms with Crippen LogP contribution in [0.15, 0.2) is 18.2 Å². The van der Waals surface area contributed by atoms with Gasteiger partial charge in [-0.05, 0) is 43.1 Å². The molecule has 1 aromatic rings. The SMILES string of the molecule is NC(=O)C1CCCN(Cc2cc(N)ccc2Cl)C1. The van der Waals surface area contributed by atoms with Crippen molar-refractivity contribution < 1.29 is 4.79 Å². The van der Waals surface area contributed by atoms with Crippen LogP contribution in [-0.4, -0.2) is 23.9 Å². The fourth-order valence-corrected chi connectivity index (χ4v) is 2.57. The van der Waals surface area contributed by atoms with Crippen LogP contribution in [0.25, 0.3) is 0 Å². The van der Waals surface area contributed by atoms with Crippen molar-refractivity contribution in [2.24, 2.45) is 11.7 Å². The Balaban J connectivity index is 2.04. The van der Waals surface area contributed by atoms with Crippen LogP contribution in [0.3, 0.4) is 0 Å². The highest BCUT2D eigenvalue weighted by molar-refractivity contribution is 6.31. The molecule has 1 atom stereocenters. The van der Waals surface area contributed by atoms with Crippen LogP contribution < -0.4 is 11.5 Å². The minimum atomic E-state index is -0.210.